The van der Waals surface area contributed by atoms with Crippen LogP contribution in [0.5, 0.6) is 0 Å². The molecule has 3 rings (SSSR count). The van der Waals surface area contributed by atoms with E-state index in [1.165, 1.54) is 0 Å². The maximum Gasteiger partial charge on any atom is 0.266 e. The average molecular weight is 304 g/mol. The molecule has 0 radical (unpaired) electrons. The molecule has 1 aromatic heterocycles. The monoisotopic (exact) mass is 304 g/mol. The second-order valence-electron chi connectivity index (χ2n) is 5.11. The third-order valence-electron chi connectivity index (χ3n) is 3.62. The number of pyridine rings is 1. The van der Waals surface area contributed by atoms with Gasteiger partial charge in [-0.05, 0) is 23.3 Å². The first-order valence-electron chi connectivity index (χ1n) is 7.27. The molecule has 0 aliphatic rings. The van der Waals surface area contributed by atoms with Crippen LogP contribution in [0.25, 0.3) is 0 Å². The molecule has 0 atom stereocenters. The third kappa shape index (κ3) is 2.98. The highest BCUT2D eigenvalue weighted by molar-refractivity contribution is 5.99. The van der Waals surface area contributed by atoms with Gasteiger partial charge in [0.15, 0.2) is 5.60 Å². The molecule has 114 valence electrons. The van der Waals surface area contributed by atoms with Crippen molar-refractivity contribution in [2.24, 2.45) is 0 Å². The Kier molecular flexibility index (Phi) is 4.17. The molecule has 0 saturated heterocycles. The van der Waals surface area contributed by atoms with Crippen molar-refractivity contribution in [1.82, 2.24) is 4.98 Å². The number of nitrogens with one attached hydrogen (secondary N) is 1. The van der Waals surface area contributed by atoms with E-state index in [1.54, 1.807) is 72.9 Å². The lowest BCUT2D eigenvalue weighted by atomic mass is 9.85. The van der Waals surface area contributed by atoms with Crippen LogP contribution in [0.3, 0.4) is 0 Å². The molecule has 0 spiro atoms. The summed E-state index contributed by atoms with van der Waals surface area (Å²) in [6.45, 7) is 0. The quantitative estimate of drug-likeness (QED) is 0.779. The van der Waals surface area contributed by atoms with E-state index >= 15 is 0 Å². The molecular weight excluding hydrogens is 288 g/mol. The van der Waals surface area contributed by atoms with Crippen LogP contribution < -0.4 is 5.32 Å². The second-order valence-corrected chi connectivity index (χ2v) is 5.11. The van der Waals surface area contributed by atoms with Crippen molar-refractivity contribution in [2.75, 3.05) is 5.32 Å². The molecule has 3 aromatic rings. The first-order chi connectivity index (χ1) is 11.2. The van der Waals surface area contributed by atoms with E-state index in [4.69, 9.17) is 0 Å². The normalized spacial score (nSPS) is 11.0. The molecule has 4 heteroatoms. The standard InChI is InChI=1S/C19H16N2O2/c22-18(21-17-13-7-8-14-20-17)19(23,15-9-3-1-4-10-15)16-11-5-2-6-12-16/h1-14,23H,(H,20,21,22). The Bertz CT molecular complexity index is 735. The Labute approximate surface area is 134 Å². The third-order valence-corrected chi connectivity index (χ3v) is 3.62. The van der Waals surface area contributed by atoms with Crippen LogP contribution in [0.15, 0.2) is 85.1 Å². The molecule has 23 heavy (non-hydrogen) atoms. The highest BCUT2D eigenvalue weighted by Crippen LogP contribution is 2.30. The fourth-order valence-electron chi connectivity index (χ4n) is 2.43. The maximum atomic E-state index is 12.8. The molecule has 4 nitrogen and oxygen atoms in total. The minimum atomic E-state index is -1.79. The van der Waals surface area contributed by atoms with Gasteiger partial charge in [-0.25, -0.2) is 4.98 Å². The van der Waals surface area contributed by atoms with Crippen LogP contribution in [0, 0.1) is 0 Å². The van der Waals surface area contributed by atoms with E-state index in [2.05, 4.69) is 10.3 Å². The first kappa shape index (κ1) is 14.9. The van der Waals surface area contributed by atoms with Gasteiger partial charge in [0.1, 0.15) is 5.82 Å². The Morgan fingerprint density at radius 3 is 1.83 bits per heavy atom. The van der Waals surface area contributed by atoms with Crippen LogP contribution in [0.2, 0.25) is 0 Å². The zero-order valence-electron chi connectivity index (χ0n) is 12.4. The fraction of sp³-hybridized carbons (Fsp3) is 0.0526. The number of aliphatic hydroxyl groups is 1. The van der Waals surface area contributed by atoms with Crippen molar-refractivity contribution in [3.63, 3.8) is 0 Å². The van der Waals surface area contributed by atoms with Crippen molar-refractivity contribution >= 4 is 11.7 Å². The van der Waals surface area contributed by atoms with E-state index in [0.717, 1.165) is 0 Å². The van der Waals surface area contributed by atoms with Crippen molar-refractivity contribution in [2.45, 2.75) is 5.60 Å². The number of benzene rings is 2. The fourth-order valence-corrected chi connectivity index (χ4v) is 2.43. The van der Waals surface area contributed by atoms with Gasteiger partial charge in [-0.3, -0.25) is 4.79 Å². The largest absolute Gasteiger partial charge is 0.372 e. The van der Waals surface area contributed by atoms with Gasteiger partial charge in [0, 0.05) is 6.20 Å². The summed E-state index contributed by atoms with van der Waals surface area (Å²) in [5, 5.41) is 13.9. The van der Waals surface area contributed by atoms with E-state index in [9.17, 15) is 9.90 Å². The molecule has 0 fully saturated rings. The lowest BCUT2D eigenvalue weighted by molar-refractivity contribution is -0.131. The van der Waals surface area contributed by atoms with Crippen molar-refractivity contribution < 1.29 is 9.90 Å². The number of anilines is 1. The van der Waals surface area contributed by atoms with Crippen LogP contribution in [0.4, 0.5) is 5.82 Å². The Hall–Kier alpha value is -2.98. The zero-order valence-corrected chi connectivity index (χ0v) is 12.4. The SMILES string of the molecule is O=C(Nc1ccccn1)C(O)(c1ccccc1)c1ccccc1. The predicted octanol–water partition coefficient (Wildman–Crippen LogP) is 2.96. The van der Waals surface area contributed by atoms with Crippen LogP contribution in [-0.4, -0.2) is 16.0 Å². The zero-order chi connectivity index (χ0) is 16.1. The van der Waals surface area contributed by atoms with Gasteiger partial charge >= 0.3 is 0 Å². The van der Waals surface area contributed by atoms with E-state index in [0.29, 0.717) is 16.9 Å². The molecule has 0 aliphatic carbocycles. The summed E-state index contributed by atoms with van der Waals surface area (Å²) in [6.07, 6.45) is 1.58. The highest BCUT2D eigenvalue weighted by atomic mass is 16.3. The summed E-state index contributed by atoms with van der Waals surface area (Å²) in [5.41, 5.74) is -0.792. The summed E-state index contributed by atoms with van der Waals surface area (Å²) >= 11 is 0. The topological polar surface area (TPSA) is 62.2 Å². The molecule has 0 saturated carbocycles. The lowest BCUT2D eigenvalue weighted by Gasteiger charge is -2.27. The predicted molar refractivity (Wildman–Crippen MR) is 88.7 cm³/mol. The van der Waals surface area contributed by atoms with Crippen molar-refractivity contribution in [3.05, 3.63) is 96.2 Å². The highest BCUT2D eigenvalue weighted by Gasteiger charge is 2.39. The summed E-state index contributed by atoms with van der Waals surface area (Å²) in [7, 11) is 0. The van der Waals surface area contributed by atoms with Gasteiger partial charge in [-0.2, -0.15) is 0 Å². The average Bonchev–Trinajstić information content (AvgIpc) is 2.63. The smallest absolute Gasteiger partial charge is 0.266 e. The minimum Gasteiger partial charge on any atom is -0.372 e. The number of amides is 1. The molecule has 1 heterocycles. The number of hydrogen-bond donors (Lipinski definition) is 2. The van der Waals surface area contributed by atoms with Crippen LogP contribution in [0.1, 0.15) is 11.1 Å². The number of nitrogens with zero attached hydrogens (tertiary/aromatic N) is 1. The number of aromatic nitrogens is 1. The first-order valence-corrected chi connectivity index (χ1v) is 7.27. The van der Waals surface area contributed by atoms with Gasteiger partial charge in [-0.1, -0.05) is 66.7 Å². The summed E-state index contributed by atoms with van der Waals surface area (Å²) in [4.78, 5) is 16.9. The Morgan fingerprint density at radius 1 is 0.826 bits per heavy atom. The van der Waals surface area contributed by atoms with Crippen molar-refractivity contribution in [1.29, 1.82) is 0 Å². The summed E-state index contributed by atoms with van der Waals surface area (Å²) in [5.74, 6) is -0.156. The number of carbonyl (C=O) groups is 1. The molecule has 2 aromatic carbocycles. The Morgan fingerprint density at radius 2 is 1.35 bits per heavy atom. The molecule has 0 unspecified atom stereocenters. The summed E-state index contributed by atoms with van der Waals surface area (Å²) < 4.78 is 0. The van der Waals surface area contributed by atoms with Gasteiger partial charge in [0.25, 0.3) is 5.91 Å². The van der Waals surface area contributed by atoms with Gasteiger partial charge in [-0.15, -0.1) is 0 Å². The number of rotatable bonds is 4. The number of hydrogen-bond acceptors (Lipinski definition) is 3. The molecule has 2 N–H and O–H groups in total. The Balaban J connectivity index is 2.04. The molecule has 1 amide bonds. The summed E-state index contributed by atoms with van der Waals surface area (Å²) in [6, 6.07) is 22.9. The van der Waals surface area contributed by atoms with Crippen LogP contribution >= 0.6 is 0 Å². The van der Waals surface area contributed by atoms with Gasteiger partial charge in [0.05, 0.1) is 0 Å². The second kappa shape index (κ2) is 6.42. The number of carbonyl (C=O) groups excluding carboxylic acids is 1. The van der Waals surface area contributed by atoms with E-state index < -0.39 is 11.5 Å². The maximum absolute atomic E-state index is 12.8. The van der Waals surface area contributed by atoms with Crippen LogP contribution in [-0.2, 0) is 10.4 Å². The molecular formula is C19H16N2O2. The molecule has 0 aliphatic heterocycles. The molecule has 0 bridgehead atoms. The van der Waals surface area contributed by atoms with E-state index in [-0.39, 0.29) is 0 Å². The van der Waals surface area contributed by atoms with Gasteiger partial charge in [0.2, 0.25) is 0 Å². The van der Waals surface area contributed by atoms with E-state index in [1.807, 2.05) is 12.1 Å². The lowest BCUT2D eigenvalue weighted by Crippen LogP contribution is -2.41. The minimum absolute atomic E-state index is 0.391. The van der Waals surface area contributed by atoms with Gasteiger partial charge < -0.3 is 10.4 Å². The van der Waals surface area contributed by atoms with Crippen molar-refractivity contribution in [3.8, 4) is 0 Å².